The molecule has 24 heavy (non-hydrogen) atoms. The lowest BCUT2D eigenvalue weighted by molar-refractivity contribution is -0.209. The first-order chi connectivity index (χ1) is 11.5. The molecule has 2 atom stereocenters. The zero-order valence-corrected chi connectivity index (χ0v) is 14.0. The molecule has 1 spiro atoms. The largest absolute Gasteiger partial charge is 0.392 e. The van der Waals surface area contributed by atoms with Gasteiger partial charge in [0.2, 0.25) is 5.91 Å². The van der Waals surface area contributed by atoms with E-state index in [1.165, 1.54) is 18.2 Å². The summed E-state index contributed by atoms with van der Waals surface area (Å²) >= 11 is 0. The number of carbonyl (C=O) groups is 1. The van der Waals surface area contributed by atoms with E-state index in [9.17, 15) is 14.3 Å². The van der Waals surface area contributed by atoms with Gasteiger partial charge in [-0.25, -0.2) is 4.39 Å². The van der Waals surface area contributed by atoms with E-state index >= 15 is 0 Å². The van der Waals surface area contributed by atoms with Gasteiger partial charge in [0, 0.05) is 37.6 Å². The molecule has 5 heteroatoms. The minimum absolute atomic E-state index is 0.0733. The van der Waals surface area contributed by atoms with E-state index < -0.39 is 0 Å². The van der Waals surface area contributed by atoms with Crippen molar-refractivity contribution in [1.29, 1.82) is 0 Å². The second-order valence-electron chi connectivity index (χ2n) is 6.64. The van der Waals surface area contributed by atoms with Gasteiger partial charge in [0.05, 0.1) is 12.2 Å². The van der Waals surface area contributed by atoms with Crippen LogP contribution in [0.5, 0.6) is 0 Å². The van der Waals surface area contributed by atoms with Gasteiger partial charge >= 0.3 is 0 Å². The molecule has 0 bridgehead atoms. The molecule has 1 heterocycles. The molecule has 1 aromatic rings. The minimum Gasteiger partial charge on any atom is -0.392 e. The van der Waals surface area contributed by atoms with Gasteiger partial charge in [-0.2, -0.15) is 0 Å². The van der Waals surface area contributed by atoms with Gasteiger partial charge in [-0.15, -0.1) is 0 Å². The maximum Gasteiger partial charge on any atom is 0.246 e. The molecule has 2 fully saturated rings. The molecule has 1 N–H and O–H groups in total. The number of aliphatic hydroxyl groups is 1. The molecule has 3 rings (SSSR count). The SMILES string of the molecule is CCOC1CC(O)C12CCN(C(=O)/C=C/c1cccc(F)c1)CC2. The van der Waals surface area contributed by atoms with E-state index in [2.05, 4.69) is 0 Å². The molecule has 1 saturated heterocycles. The van der Waals surface area contributed by atoms with Gasteiger partial charge in [-0.3, -0.25) is 4.79 Å². The molecule has 1 amide bonds. The molecule has 130 valence electrons. The number of amides is 1. The van der Waals surface area contributed by atoms with Gasteiger partial charge in [0.1, 0.15) is 5.82 Å². The average molecular weight is 333 g/mol. The number of nitrogens with zero attached hydrogens (tertiary/aromatic N) is 1. The van der Waals surface area contributed by atoms with Crippen LogP contribution in [-0.4, -0.2) is 47.8 Å². The summed E-state index contributed by atoms with van der Waals surface area (Å²) < 4.78 is 18.9. The molecule has 2 unspecified atom stereocenters. The summed E-state index contributed by atoms with van der Waals surface area (Å²) in [6.07, 6.45) is 5.13. The highest BCUT2D eigenvalue weighted by molar-refractivity contribution is 5.91. The fraction of sp³-hybridized carbons (Fsp3) is 0.526. The van der Waals surface area contributed by atoms with E-state index in [0.717, 1.165) is 12.8 Å². The van der Waals surface area contributed by atoms with Gasteiger partial charge in [0.25, 0.3) is 0 Å². The maximum atomic E-state index is 13.1. The van der Waals surface area contributed by atoms with Crippen molar-refractivity contribution in [3.63, 3.8) is 0 Å². The van der Waals surface area contributed by atoms with E-state index in [0.29, 0.717) is 31.7 Å². The van der Waals surface area contributed by atoms with Gasteiger partial charge in [-0.05, 0) is 43.5 Å². The van der Waals surface area contributed by atoms with Crippen LogP contribution in [0.15, 0.2) is 30.3 Å². The number of halogens is 1. The predicted molar refractivity (Wildman–Crippen MR) is 89.7 cm³/mol. The monoisotopic (exact) mass is 333 g/mol. The van der Waals surface area contributed by atoms with Crippen LogP contribution in [0.3, 0.4) is 0 Å². The Morgan fingerprint density at radius 2 is 2.21 bits per heavy atom. The third kappa shape index (κ3) is 3.23. The Labute approximate surface area is 141 Å². The van der Waals surface area contributed by atoms with Crippen molar-refractivity contribution in [2.24, 2.45) is 5.41 Å². The molecular formula is C19H24FNO3. The third-order valence-corrected chi connectivity index (χ3v) is 5.38. The van der Waals surface area contributed by atoms with Crippen LogP contribution in [0, 0.1) is 11.2 Å². The molecule has 1 aliphatic heterocycles. The lowest BCUT2D eigenvalue weighted by atomic mass is 9.58. The zero-order valence-electron chi connectivity index (χ0n) is 14.0. The van der Waals surface area contributed by atoms with Crippen molar-refractivity contribution < 1.29 is 19.0 Å². The van der Waals surface area contributed by atoms with Crippen LogP contribution < -0.4 is 0 Å². The van der Waals surface area contributed by atoms with E-state index in [4.69, 9.17) is 4.74 Å². The Bertz CT molecular complexity index is 621. The second-order valence-corrected chi connectivity index (χ2v) is 6.64. The van der Waals surface area contributed by atoms with Crippen LogP contribution in [0.1, 0.15) is 31.7 Å². The standard InChI is InChI=1S/C19H24FNO3/c1-2-24-17-13-16(22)19(17)8-10-21(11-9-19)18(23)7-6-14-4-3-5-15(20)12-14/h3-7,12,16-17,22H,2,8-11,13H2,1H3/b7-6+. The summed E-state index contributed by atoms with van der Waals surface area (Å²) in [4.78, 5) is 14.1. The van der Waals surface area contributed by atoms with Gasteiger partial charge in [-0.1, -0.05) is 12.1 Å². The number of hydrogen-bond acceptors (Lipinski definition) is 3. The smallest absolute Gasteiger partial charge is 0.246 e. The average Bonchev–Trinajstić information content (AvgIpc) is 2.60. The molecule has 0 aromatic heterocycles. The molecule has 1 aliphatic carbocycles. The second kappa shape index (κ2) is 7.03. The maximum absolute atomic E-state index is 13.1. The summed E-state index contributed by atoms with van der Waals surface area (Å²) in [5.41, 5.74) is 0.488. The predicted octanol–water partition coefficient (Wildman–Crippen LogP) is 2.62. The van der Waals surface area contributed by atoms with Crippen LogP contribution in [0.25, 0.3) is 6.08 Å². The number of carbonyl (C=O) groups excluding carboxylic acids is 1. The van der Waals surface area contributed by atoms with Crippen molar-refractivity contribution in [2.45, 2.75) is 38.4 Å². The lowest BCUT2D eigenvalue weighted by Crippen LogP contribution is -2.62. The van der Waals surface area contributed by atoms with E-state index in [1.54, 1.807) is 23.1 Å². The summed E-state index contributed by atoms with van der Waals surface area (Å²) in [5.74, 6) is -0.388. The van der Waals surface area contributed by atoms with Gasteiger partial charge in [0.15, 0.2) is 0 Å². The summed E-state index contributed by atoms with van der Waals surface area (Å²) in [6.45, 7) is 3.85. The molecule has 4 nitrogen and oxygen atoms in total. The van der Waals surface area contributed by atoms with Crippen molar-refractivity contribution in [2.75, 3.05) is 19.7 Å². The van der Waals surface area contributed by atoms with Crippen molar-refractivity contribution in [3.8, 4) is 0 Å². The van der Waals surface area contributed by atoms with Gasteiger partial charge < -0.3 is 14.7 Å². The van der Waals surface area contributed by atoms with Crippen molar-refractivity contribution in [1.82, 2.24) is 4.90 Å². The Balaban J connectivity index is 1.57. The number of piperidine rings is 1. The Kier molecular flexibility index (Phi) is 5.01. The minimum atomic E-state index is -0.325. The first kappa shape index (κ1) is 17.1. The number of ether oxygens (including phenoxy) is 1. The zero-order chi connectivity index (χ0) is 17.2. The molecule has 1 saturated carbocycles. The highest BCUT2D eigenvalue weighted by Gasteiger charge is 2.56. The van der Waals surface area contributed by atoms with Crippen LogP contribution in [0.2, 0.25) is 0 Å². The number of rotatable bonds is 4. The van der Waals surface area contributed by atoms with Crippen molar-refractivity contribution >= 4 is 12.0 Å². The number of hydrogen-bond donors (Lipinski definition) is 1. The first-order valence-electron chi connectivity index (χ1n) is 8.57. The van der Waals surface area contributed by atoms with Crippen LogP contribution >= 0.6 is 0 Å². The summed E-state index contributed by atoms with van der Waals surface area (Å²) in [5, 5.41) is 10.2. The first-order valence-corrected chi connectivity index (χ1v) is 8.57. The van der Waals surface area contributed by atoms with E-state index in [-0.39, 0.29) is 29.3 Å². The van der Waals surface area contributed by atoms with E-state index in [1.807, 2.05) is 6.92 Å². The topological polar surface area (TPSA) is 49.8 Å². The quantitative estimate of drug-likeness (QED) is 0.862. The lowest BCUT2D eigenvalue weighted by Gasteiger charge is -2.56. The fourth-order valence-corrected chi connectivity index (χ4v) is 3.84. The van der Waals surface area contributed by atoms with Crippen molar-refractivity contribution in [3.05, 3.63) is 41.7 Å². The Morgan fingerprint density at radius 1 is 1.46 bits per heavy atom. The highest BCUT2D eigenvalue weighted by Crippen LogP contribution is 2.50. The molecular weight excluding hydrogens is 309 g/mol. The normalized spacial score (nSPS) is 25.9. The summed E-state index contributed by atoms with van der Waals surface area (Å²) in [6, 6.07) is 6.15. The Hall–Kier alpha value is -1.72. The third-order valence-electron chi connectivity index (χ3n) is 5.38. The fourth-order valence-electron chi connectivity index (χ4n) is 3.84. The number of likely N-dealkylation sites (tertiary alicyclic amines) is 1. The Morgan fingerprint density at radius 3 is 2.83 bits per heavy atom. The summed E-state index contributed by atoms with van der Waals surface area (Å²) in [7, 11) is 0. The van der Waals surface area contributed by atoms with Crippen LogP contribution in [-0.2, 0) is 9.53 Å². The highest BCUT2D eigenvalue weighted by atomic mass is 19.1. The molecule has 2 aliphatic rings. The van der Waals surface area contributed by atoms with Crippen LogP contribution in [0.4, 0.5) is 4.39 Å². The number of benzene rings is 1. The number of aliphatic hydroxyl groups excluding tert-OH is 1. The molecule has 0 radical (unpaired) electrons. The molecule has 1 aromatic carbocycles.